The number of halogens is 3. The van der Waals surface area contributed by atoms with E-state index >= 15 is 0 Å². The molecule has 1 unspecified atom stereocenters. The van der Waals surface area contributed by atoms with Crippen LogP contribution in [0.5, 0.6) is 5.88 Å². The van der Waals surface area contributed by atoms with Crippen molar-refractivity contribution in [3.63, 3.8) is 0 Å². The summed E-state index contributed by atoms with van der Waals surface area (Å²) in [6, 6.07) is 2.72. The highest BCUT2D eigenvalue weighted by Crippen LogP contribution is 2.24. The van der Waals surface area contributed by atoms with Gasteiger partial charge in [-0.3, -0.25) is 4.68 Å². The fourth-order valence-corrected chi connectivity index (χ4v) is 1.95. The molecular weight excluding hydrogens is 270 g/mol. The van der Waals surface area contributed by atoms with Crippen molar-refractivity contribution in [3.8, 4) is 5.88 Å². The lowest BCUT2D eigenvalue weighted by molar-refractivity contribution is -0.276. The second-order valence-electron chi connectivity index (χ2n) is 4.40. The molecule has 2 aromatic rings. The van der Waals surface area contributed by atoms with Crippen molar-refractivity contribution in [3.05, 3.63) is 36.3 Å². The Morgan fingerprint density at radius 1 is 1.35 bits per heavy atom. The van der Waals surface area contributed by atoms with Gasteiger partial charge in [0.15, 0.2) is 0 Å². The van der Waals surface area contributed by atoms with Crippen molar-refractivity contribution < 1.29 is 17.9 Å². The zero-order chi connectivity index (χ0) is 14.8. The van der Waals surface area contributed by atoms with E-state index in [-0.39, 0.29) is 6.04 Å². The molecule has 0 radical (unpaired) electrons. The van der Waals surface area contributed by atoms with E-state index in [1.165, 1.54) is 12.3 Å². The SMILES string of the molecule is Bc1cnn(C(CC)c2ccc(OC(F)(F)F)nc2)c1. The highest BCUT2D eigenvalue weighted by atomic mass is 19.4. The second-order valence-corrected chi connectivity index (χ2v) is 4.40. The van der Waals surface area contributed by atoms with Crippen molar-refractivity contribution >= 4 is 13.3 Å². The maximum Gasteiger partial charge on any atom is 0.574 e. The maximum absolute atomic E-state index is 12.1. The van der Waals surface area contributed by atoms with Crippen molar-refractivity contribution in [2.75, 3.05) is 0 Å². The molecule has 106 valence electrons. The summed E-state index contributed by atoms with van der Waals surface area (Å²) in [5.74, 6) is -0.465. The number of alkyl halides is 3. The number of hydrogen-bond acceptors (Lipinski definition) is 3. The van der Waals surface area contributed by atoms with Gasteiger partial charge in [-0.1, -0.05) is 12.4 Å². The molecule has 0 saturated heterocycles. The quantitative estimate of drug-likeness (QED) is 0.797. The molecule has 0 amide bonds. The van der Waals surface area contributed by atoms with Crippen LogP contribution in [-0.4, -0.2) is 29.0 Å². The summed E-state index contributed by atoms with van der Waals surface area (Å²) in [7, 11) is 1.93. The van der Waals surface area contributed by atoms with Gasteiger partial charge in [-0.25, -0.2) is 4.98 Å². The van der Waals surface area contributed by atoms with E-state index in [2.05, 4.69) is 14.8 Å². The topological polar surface area (TPSA) is 39.9 Å². The minimum absolute atomic E-state index is 0.0591. The summed E-state index contributed by atoms with van der Waals surface area (Å²) in [5, 5.41) is 4.22. The zero-order valence-corrected chi connectivity index (χ0v) is 11.1. The predicted octanol–water partition coefficient (Wildman–Crippen LogP) is 1.43. The van der Waals surface area contributed by atoms with Crippen LogP contribution in [0.4, 0.5) is 13.2 Å². The minimum Gasteiger partial charge on any atom is -0.388 e. The number of rotatable bonds is 4. The Balaban J connectivity index is 2.19. The van der Waals surface area contributed by atoms with Gasteiger partial charge in [-0.2, -0.15) is 5.10 Å². The monoisotopic (exact) mass is 283 g/mol. The van der Waals surface area contributed by atoms with E-state index in [1.807, 2.05) is 21.0 Å². The van der Waals surface area contributed by atoms with Crippen LogP contribution in [0.25, 0.3) is 0 Å². The van der Waals surface area contributed by atoms with Gasteiger partial charge in [-0.15, -0.1) is 13.2 Å². The molecule has 0 N–H and O–H groups in total. The molecule has 2 aromatic heterocycles. The van der Waals surface area contributed by atoms with E-state index in [0.717, 1.165) is 17.4 Å². The smallest absolute Gasteiger partial charge is 0.388 e. The standard InChI is InChI=1S/C12H13BF3N3O/c1-2-10(19-7-9(13)6-18-19)8-3-4-11(17-5-8)20-12(14,15)16/h3-7,10H,2,13H2,1H3. The maximum atomic E-state index is 12.1. The minimum atomic E-state index is -4.72. The molecular formula is C12H13BF3N3O. The van der Waals surface area contributed by atoms with Crippen LogP contribution in [0.15, 0.2) is 30.7 Å². The lowest BCUT2D eigenvalue weighted by Gasteiger charge is -2.16. The fraction of sp³-hybridized carbons (Fsp3) is 0.333. The van der Waals surface area contributed by atoms with Crippen molar-refractivity contribution in [2.45, 2.75) is 25.7 Å². The Hall–Kier alpha value is -1.99. The van der Waals surface area contributed by atoms with Gasteiger partial charge in [0.2, 0.25) is 5.88 Å². The summed E-state index contributed by atoms with van der Waals surface area (Å²) < 4.78 is 41.7. The molecule has 0 bridgehead atoms. The highest BCUT2D eigenvalue weighted by molar-refractivity contribution is 6.31. The Bertz CT molecular complexity index is 568. The van der Waals surface area contributed by atoms with Crippen LogP contribution in [-0.2, 0) is 0 Å². The summed E-state index contributed by atoms with van der Waals surface area (Å²) in [6.07, 6.45) is 1.03. The molecule has 20 heavy (non-hydrogen) atoms. The summed E-state index contributed by atoms with van der Waals surface area (Å²) in [6.45, 7) is 1.97. The zero-order valence-electron chi connectivity index (χ0n) is 11.1. The first kappa shape index (κ1) is 14.4. The first-order chi connectivity index (χ1) is 9.39. The van der Waals surface area contributed by atoms with Gasteiger partial charge in [0.05, 0.1) is 6.04 Å². The fourth-order valence-electron chi connectivity index (χ4n) is 1.95. The van der Waals surface area contributed by atoms with Gasteiger partial charge < -0.3 is 4.74 Å². The summed E-state index contributed by atoms with van der Waals surface area (Å²) >= 11 is 0. The number of nitrogens with zero attached hydrogens (tertiary/aromatic N) is 3. The molecule has 2 heterocycles. The van der Waals surface area contributed by atoms with E-state index in [4.69, 9.17) is 0 Å². The molecule has 0 spiro atoms. The molecule has 0 aliphatic rings. The van der Waals surface area contributed by atoms with Crippen LogP contribution in [0, 0.1) is 0 Å². The largest absolute Gasteiger partial charge is 0.574 e. The highest BCUT2D eigenvalue weighted by Gasteiger charge is 2.31. The predicted molar refractivity (Wildman–Crippen MR) is 69.8 cm³/mol. The third-order valence-corrected chi connectivity index (χ3v) is 2.80. The molecule has 8 heteroatoms. The first-order valence-corrected chi connectivity index (χ1v) is 6.11. The molecule has 0 fully saturated rings. The molecule has 0 saturated carbocycles. The van der Waals surface area contributed by atoms with E-state index < -0.39 is 12.2 Å². The second kappa shape index (κ2) is 5.56. The van der Waals surface area contributed by atoms with Gasteiger partial charge >= 0.3 is 6.36 Å². The van der Waals surface area contributed by atoms with Crippen LogP contribution >= 0.6 is 0 Å². The Morgan fingerprint density at radius 2 is 2.10 bits per heavy atom. The number of hydrogen-bond donors (Lipinski definition) is 0. The Labute approximate surface area is 115 Å². The average Bonchev–Trinajstić information content (AvgIpc) is 2.77. The van der Waals surface area contributed by atoms with Crippen LogP contribution in [0.3, 0.4) is 0 Å². The van der Waals surface area contributed by atoms with Crippen molar-refractivity contribution in [1.82, 2.24) is 14.8 Å². The average molecular weight is 283 g/mol. The number of pyridine rings is 1. The van der Waals surface area contributed by atoms with Crippen LogP contribution in [0.2, 0.25) is 0 Å². The van der Waals surface area contributed by atoms with Gasteiger partial charge in [0, 0.05) is 24.7 Å². The van der Waals surface area contributed by atoms with E-state index in [9.17, 15) is 13.2 Å². The van der Waals surface area contributed by atoms with Gasteiger partial charge in [-0.05, 0) is 18.1 Å². The molecule has 0 aliphatic carbocycles. The lowest BCUT2D eigenvalue weighted by atomic mass is 10.0. The van der Waals surface area contributed by atoms with Gasteiger partial charge in [0.1, 0.15) is 7.85 Å². The molecule has 0 aromatic carbocycles. The molecule has 4 nitrogen and oxygen atoms in total. The third-order valence-electron chi connectivity index (χ3n) is 2.80. The number of ether oxygens (including phenoxy) is 1. The van der Waals surface area contributed by atoms with Crippen LogP contribution < -0.4 is 10.2 Å². The van der Waals surface area contributed by atoms with E-state index in [1.54, 1.807) is 16.9 Å². The van der Waals surface area contributed by atoms with Crippen LogP contribution in [0.1, 0.15) is 24.9 Å². The molecule has 0 aliphatic heterocycles. The third kappa shape index (κ3) is 3.52. The van der Waals surface area contributed by atoms with Crippen molar-refractivity contribution in [2.24, 2.45) is 0 Å². The molecule has 1 atom stereocenters. The summed E-state index contributed by atoms with van der Waals surface area (Å²) in [5.41, 5.74) is 1.80. The Morgan fingerprint density at radius 3 is 2.55 bits per heavy atom. The molecule has 2 rings (SSSR count). The Kier molecular flexibility index (Phi) is 4.01. The normalized spacial score (nSPS) is 13.2. The number of aromatic nitrogens is 3. The van der Waals surface area contributed by atoms with E-state index in [0.29, 0.717) is 0 Å². The summed E-state index contributed by atoms with van der Waals surface area (Å²) in [4.78, 5) is 3.68. The van der Waals surface area contributed by atoms with Crippen molar-refractivity contribution in [1.29, 1.82) is 0 Å². The lowest BCUT2D eigenvalue weighted by Crippen LogP contribution is -2.18. The first-order valence-electron chi connectivity index (χ1n) is 6.11. The van der Waals surface area contributed by atoms with Gasteiger partial charge in [0.25, 0.3) is 0 Å².